The van der Waals surface area contributed by atoms with Gasteiger partial charge in [0, 0.05) is 50.4 Å². The number of aromatic nitrogens is 1. The summed E-state index contributed by atoms with van der Waals surface area (Å²) < 4.78 is 18.1. The van der Waals surface area contributed by atoms with E-state index in [0.717, 1.165) is 27.6 Å². The van der Waals surface area contributed by atoms with Crippen LogP contribution in [0.3, 0.4) is 0 Å². The normalized spacial score (nSPS) is 11.6. The minimum Gasteiger partial charge on any atom is -0.463 e. The van der Waals surface area contributed by atoms with Crippen molar-refractivity contribution in [3.05, 3.63) is 83.2 Å². The van der Waals surface area contributed by atoms with Crippen LogP contribution in [0.4, 0.5) is 9.18 Å². The van der Waals surface area contributed by atoms with Gasteiger partial charge in [0.05, 0.1) is 17.5 Å². The number of ether oxygens (including phenoxy) is 1. The average molecular weight is 527 g/mol. The molecule has 0 spiro atoms. The van der Waals surface area contributed by atoms with Gasteiger partial charge in [-0.25, -0.2) is 9.18 Å². The molecule has 1 aromatic heterocycles. The minimum atomic E-state index is -0.542. The first-order valence-electron chi connectivity index (χ1n) is 12.1. The molecular weight excluding hydrogens is 495 g/mol. The fraction of sp³-hybridized carbons (Fsp3) is 0.321. The molecule has 0 bridgehead atoms. The molecule has 37 heavy (non-hydrogen) atoms. The molecule has 0 aliphatic carbocycles. The number of alkyl halides is 1. The lowest BCUT2D eigenvalue weighted by Gasteiger charge is -2.28. The van der Waals surface area contributed by atoms with Crippen molar-refractivity contribution in [2.75, 3.05) is 33.4 Å². The zero-order valence-corrected chi connectivity index (χ0v) is 21.6. The number of nitrogens with one attached hydrogen (secondary N) is 2. The summed E-state index contributed by atoms with van der Waals surface area (Å²) in [5, 5.41) is 8.39. The molecule has 3 aromatic rings. The Hall–Kier alpha value is -3.49. The molecule has 0 saturated heterocycles. The summed E-state index contributed by atoms with van der Waals surface area (Å²) in [5.41, 5.74) is 2.33. The van der Waals surface area contributed by atoms with Crippen molar-refractivity contribution < 1.29 is 18.7 Å². The van der Waals surface area contributed by atoms with E-state index in [1.54, 1.807) is 19.3 Å². The molecule has 3 rings (SSSR count). The molecule has 1 heterocycles. The van der Waals surface area contributed by atoms with Gasteiger partial charge in [-0.15, -0.1) is 0 Å². The van der Waals surface area contributed by atoms with Crippen molar-refractivity contribution in [3.63, 3.8) is 0 Å². The number of halogens is 2. The number of esters is 1. The van der Waals surface area contributed by atoms with Crippen molar-refractivity contribution in [2.24, 2.45) is 0 Å². The highest BCUT2D eigenvalue weighted by molar-refractivity contribution is 6.32. The maximum Gasteiger partial charge on any atom is 0.317 e. The Balaban J connectivity index is 1.53. The van der Waals surface area contributed by atoms with Gasteiger partial charge in [-0.2, -0.15) is 0 Å². The van der Waals surface area contributed by atoms with Crippen LogP contribution in [0.25, 0.3) is 16.8 Å². The third kappa shape index (κ3) is 8.27. The zero-order chi connectivity index (χ0) is 26.6. The summed E-state index contributed by atoms with van der Waals surface area (Å²) in [4.78, 5) is 31.1. The average Bonchev–Trinajstić information content (AvgIpc) is 2.92. The molecule has 7 nitrogen and oxygen atoms in total. The van der Waals surface area contributed by atoms with Gasteiger partial charge in [0.1, 0.15) is 13.3 Å². The highest BCUT2D eigenvalue weighted by Crippen LogP contribution is 2.22. The Morgan fingerprint density at radius 3 is 2.76 bits per heavy atom. The van der Waals surface area contributed by atoms with Crippen LogP contribution in [0.5, 0.6) is 0 Å². The summed E-state index contributed by atoms with van der Waals surface area (Å²) >= 11 is 6.36. The first-order valence-corrected chi connectivity index (χ1v) is 12.5. The van der Waals surface area contributed by atoms with Crippen LogP contribution in [0.15, 0.2) is 61.3 Å². The van der Waals surface area contributed by atoms with Gasteiger partial charge >= 0.3 is 12.0 Å². The fourth-order valence-corrected chi connectivity index (χ4v) is 4.03. The summed E-state index contributed by atoms with van der Waals surface area (Å²) in [7, 11) is 1.60. The Morgan fingerprint density at radius 1 is 1.22 bits per heavy atom. The van der Waals surface area contributed by atoms with E-state index >= 15 is 0 Å². The number of carbonyl (C=O) groups is 2. The van der Waals surface area contributed by atoms with Gasteiger partial charge in [0.2, 0.25) is 0 Å². The molecule has 0 unspecified atom stereocenters. The Labute approximate surface area is 221 Å². The number of urea groups is 1. The summed E-state index contributed by atoms with van der Waals surface area (Å²) in [5.74, 6) is -0.396. The van der Waals surface area contributed by atoms with E-state index in [2.05, 4.69) is 22.2 Å². The molecule has 1 atom stereocenters. The number of nitrogens with zero attached hydrogens (tertiary/aromatic N) is 2. The number of pyridine rings is 1. The molecule has 0 aliphatic rings. The Kier molecular flexibility index (Phi) is 10.9. The van der Waals surface area contributed by atoms with Crippen LogP contribution in [0.1, 0.15) is 23.2 Å². The van der Waals surface area contributed by atoms with Gasteiger partial charge < -0.3 is 20.3 Å². The molecule has 2 amide bonds. The lowest BCUT2D eigenvalue weighted by atomic mass is 10.1. The summed E-state index contributed by atoms with van der Waals surface area (Å²) in [6.07, 6.45) is 4.03. The zero-order valence-electron chi connectivity index (χ0n) is 20.9. The van der Waals surface area contributed by atoms with Crippen LogP contribution < -0.4 is 10.6 Å². The molecule has 0 radical (unpaired) electrons. The SMILES string of the molecule is C=Cc1cccc(CNC(=O)N(C)[C@@H](CNCCF)COC(=O)CCc2cc3ccccc3cn2)c1Cl. The fourth-order valence-electron chi connectivity index (χ4n) is 3.76. The topological polar surface area (TPSA) is 83.6 Å². The van der Waals surface area contributed by atoms with E-state index in [0.29, 0.717) is 11.4 Å². The number of likely N-dealkylation sites (N-methyl/N-ethyl adjacent to an activating group) is 1. The van der Waals surface area contributed by atoms with Gasteiger partial charge in [-0.3, -0.25) is 9.78 Å². The standard InChI is InChI=1S/C28H32ClFN4O3/c1-3-20-9-6-10-23(27(20)29)17-33-28(36)34(2)25(18-31-14-13-30)19-37-26(35)12-11-24-15-21-7-4-5-8-22(21)16-32-24/h3-10,15-16,25,31H,1,11-14,17-19H2,2H3,(H,33,36)/t25-/m0/s1. The van der Waals surface area contributed by atoms with E-state index in [1.165, 1.54) is 4.90 Å². The molecule has 0 fully saturated rings. The molecule has 0 aliphatic heterocycles. The molecule has 2 N–H and O–H groups in total. The largest absolute Gasteiger partial charge is 0.463 e. The lowest BCUT2D eigenvalue weighted by molar-refractivity contribution is -0.145. The molecule has 9 heteroatoms. The lowest BCUT2D eigenvalue weighted by Crippen LogP contribution is -2.50. The van der Waals surface area contributed by atoms with E-state index < -0.39 is 18.7 Å². The summed E-state index contributed by atoms with van der Waals surface area (Å²) in [6.45, 7) is 3.78. The highest BCUT2D eigenvalue weighted by Gasteiger charge is 2.22. The monoisotopic (exact) mass is 526 g/mol. The molecule has 0 saturated carbocycles. The molecule has 2 aromatic carbocycles. The highest BCUT2D eigenvalue weighted by atomic mass is 35.5. The number of carbonyl (C=O) groups excluding carboxylic acids is 2. The third-order valence-corrected chi connectivity index (χ3v) is 6.45. The van der Waals surface area contributed by atoms with Gasteiger partial charge in [-0.1, -0.05) is 66.7 Å². The predicted molar refractivity (Wildman–Crippen MR) is 145 cm³/mol. The number of aryl methyl sites for hydroxylation is 1. The van der Waals surface area contributed by atoms with Crippen molar-refractivity contribution in [1.82, 2.24) is 20.5 Å². The Bertz CT molecular complexity index is 1220. The molecular formula is C28H32ClFN4O3. The van der Waals surface area contributed by atoms with Crippen LogP contribution >= 0.6 is 11.6 Å². The second-order valence-electron chi connectivity index (χ2n) is 8.55. The first kappa shape index (κ1) is 28.1. The summed E-state index contributed by atoms with van der Waals surface area (Å²) in [6, 6.07) is 14.5. The van der Waals surface area contributed by atoms with Crippen LogP contribution in [-0.2, 0) is 22.5 Å². The van der Waals surface area contributed by atoms with Crippen molar-refractivity contribution >= 4 is 40.4 Å². The second kappa shape index (κ2) is 14.3. The van der Waals surface area contributed by atoms with Crippen LogP contribution in [0.2, 0.25) is 5.02 Å². The molecule has 196 valence electrons. The third-order valence-electron chi connectivity index (χ3n) is 5.99. The van der Waals surface area contributed by atoms with E-state index in [9.17, 15) is 14.0 Å². The smallest absolute Gasteiger partial charge is 0.317 e. The quantitative estimate of drug-likeness (QED) is 0.247. The second-order valence-corrected chi connectivity index (χ2v) is 8.92. The van der Waals surface area contributed by atoms with E-state index in [-0.39, 0.29) is 38.7 Å². The first-order chi connectivity index (χ1) is 17.9. The maximum absolute atomic E-state index is 12.8. The number of hydrogen-bond donors (Lipinski definition) is 2. The van der Waals surface area contributed by atoms with E-state index in [4.69, 9.17) is 16.3 Å². The van der Waals surface area contributed by atoms with Gasteiger partial charge in [0.15, 0.2) is 0 Å². The van der Waals surface area contributed by atoms with Crippen LogP contribution in [0, 0.1) is 0 Å². The maximum atomic E-state index is 12.8. The van der Waals surface area contributed by atoms with Crippen molar-refractivity contribution in [2.45, 2.75) is 25.4 Å². The number of hydrogen-bond acceptors (Lipinski definition) is 5. The van der Waals surface area contributed by atoms with E-state index in [1.807, 2.05) is 48.5 Å². The number of rotatable bonds is 13. The number of fused-ring (bicyclic) bond motifs is 1. The van der Waals surface area contributed by atoms with Crippen molar-refractivity contribution in [3.8, 4) is 0 Å². The van der Waals surface area contributed by atoms with Gasteiger partial charge in [-0.05, 0) is 22.6 Å². The van der Waals surface area contributed by atoms with Gasteiger partial charge in [0.25, 0.3) is 0 Å². The predicted octanol–water partition coefficient (Wildman–Crippen LogP) is 4.78. The Morgan fingerprint density at radius 2 is 2.00 bits per heavy atom. The van der Waals surface area contributed by atoms with Crippen LogP contribution in [-0.4, -0.2) is 61.3 Å². The minimum absolute atomic E-state index is 0.0279. The van der Waals surface area contributed by atoms with Crippen molar-refractivity contribution in [1.29, 1.82) is 0 Å². The number of benzene rings is 2. The number of amides is 2.